The van der Waals surface area contributed by atoms with E-state index in [0.29, 0.717) is 18.2 Å². The van der Waals surface area contributed by atoms with Crippen molar-refractivity contribution < 1.29 is 14.4 Å². The Morgan fingerprint density at radius 3 is 2.61 bits per heavy atom. The second kappa shape index (κ2) is 9.85. The van der Waals surface area contributed by atoms with Crippen LogP contribution >= 0.6 is 0 Å². The smallest absolute Gasteiger partial charge is 0.329 e. The molecule has 8 heteroatoms. The molecule has 1 aliphatic heterocycles. The Bertz CT molecular complexity index is 1120. The Hall–Kier alpha value is -3.68. The van der Waals surface area contributed by atoms with E-state index in [1.807, 2.05) is 36.4 Å². The summed E-state index contributed by atoms with van der Waals surface area (Å²) in [5.74, 6) is 0.801. The Balaban J connectivity index is 1.21. The van der Waals surface area contributed by atoms with Crippen LogP contribution < -0.4 is 15.5 Å². The zero-order valence-corrected chi connectivity index (χ0v) is 18.9. The molecular weight excluding hydrogens is 418 g/mol. The number of imidazole rings is 1. The van der Waals surface area contributed by atoms with Gasteiger partial charge in [0.1, 0.15) is 11.9 Å². The summed E-state index contributed by atoms with van der Waals surface area (Å²) in [5.41, 5.74) is 3.62. The molecule has 8 nitrogen and oxygen atoms in total. The molecule has 0 bridgehead atoms. The molecule has 1 saturated heterocycles. The van der Waals surface area contributed by atoms with Crippen molar-refractivity contribution in [3.05, 3.63) is 59.9 Å². The lowest BCUT2D eigenvalue weighted by Crippen LogP contribution is -2.33. The number of carbonyl (C=O) groups excluding carboxylic acids is 3. The third-order valence-electron chi connectivity index (χ3n) is 5.85. The molecule has 4 amide bonds. The summed E-state index contributed by atoms with van der Waals surface area (Å²) in [5, 5.41) is 5.57. The average Bonchev–Trinajstić information content (AvgIpc) is 3.35. The lowest BCUT2D eigenvalue weighted by Gasteiger charge is -2.14. The molecular formula is C25H29N5O3. The number of H-pyrrole nitrogens is 1. The van der Waals surface area contributed by atoms with E-state index in [-0.39, 0.29) is 24.7 Å². The van der Waals surface area contributed by atoms with Crippen LogP contribution in [0.3, 0.4) is 0 Å². The summed E-state index contributed by atoms with van der Waals surface area (Å²) in [6, 6.07) is 14.1. The predicted octanol–water partition coefficient (Wildman–Crippen LogP) is 3.64. The molecule has 33 heavy (non-hydrogen) atoms. The quantitative estimate of drug-likeness (QED) is 0.344. The van der Waals surface area contributed by atoms with Crippen LogP contribution in [0.25, 0.3) is 11.0 Å². The first-order chi connectivity index (χ1) is 15.9. The van der Waals surface area contributed by atoms with Crippen LogP contribution in [0.4, 0.5) is 10.5 Å². The van der Waals surface area contributed by atoms with E-state index < -0.39 is 12.1 Å². The molecule has 1 atom stereocenters. The molecule has 0 unspecified atom stereocenters. The van der Waals surface area contributed by atoms with E-state index >= 15 is 0 Å². The van der Waals surface area contributed by atoms with Gasteiger partial charge in [-0.05, 0) is 48.6 Å². The molecule has 172 valence electrons. The first-order valence-corrected chi connectivity index (χ1v) is 11.4. The van der Waals surface area contributed by atoms with Gasteiger partial charge in [0.2, 0.25) is 5.91 Å². The average molecular weight is 448 g/mol. The summed E-state index contributed by atoms with van der Waals surface area (Å²) in [6.45, 7) is 4.69. The van der Waals surface area contributed by atoms with Gasteiger partial charge in [-0.2, -0.15) is 0 Å². The van der Waals surface area contributed by atoms with E-state index in [9.17, 15) is 14.4 Å². The highest BCUT2D eigenvalue weighted by Crippen LogP contribution is 2.24. The molecule has 2 heterocycles. The van der Waals surface area contributed by atoms with E-state index in [4.69, 9.17) is 0 Å². The minimum atomic E-state index is -0.691. The predicted molar refractivity (Wildman–Crippen MR) is 127 cm³/mol. The van der Waals surface area contributed by atoms with Gasteiger partial charge in [0, 0.05) is 19.4 Å². The molecule has 3 aromatic rings. The Labute approximate surface area is 192 Å². The topological polar surface area (TPSA) is 107 Å². The normalized spacial score (nSPS) is 16.0. The van der Waals surface area contributed by atoms with Crippen LogP contribution in [-0.2, 0) is 16.0 Å². The Morgan fingerprint density at radius 1 is 1.12 bits per heavy atom. The number of carbonyl (C=O) groups is 3. The Morgan fingerprint density at radius 2 is 1.88 bits per heavy atom. The van der Waals surface area contributed by atoms with Gasteiger partial charge < -0.3 is 15.6 Å². The standard InChI is InChI=1S/C25H29N5O3/c1-16(2)17-9-11-18(12-10-17)30-24(32)21(29-25(30)33)13-14-23(31)26-15-5-8-22-27-19-6-3-4-7-20(19)28-22/h3-4,6-7,9-12,16,21H,5,8,13-15H2,1-2H3,(H,26,31)(H,27,28)(H,29,33)/t21-/m1/s1. The van der Waals surface area contributed by atoms with Gasteiger partial charge >= 0.3 is 6.03 Å². The van der Waals surface area contributed by atoms with Crippen molar-refractivity contribution in [3.63, 3.8) is 0 Å². The van der Waals surface area contributed by atoms with Crippen LogP contribution in [0.2, 0.25) is 0 Å². The fourth-order valence-electron chi connectivity index (χ4n) is 3.95. The number of nitrogens with zero attached hydrogens (tertiary/aromatic N) is 2. The minimum absolute atomic E-state index is 0.138. The highest BCUT2D eigenvalue weighted by molar-refractivity contribution is 6.21. The monoisotopic (exact) mass is 447 g/mol. The number of aromatic amines is 1. The van der Waals surface area contributed by atoms with Crippen molar-refractivity contribution in [3.8, 4) is 0 Å². The zero-order chi connectivity index (χ0) is 23.4. The van der Waals surface area contributed by atoms with Crippen molar-refractivity contribution in [2.75, 3.05) is 11.4 Å². The van der Waals surface area contributed by atoms with Crippen molar-refractivity contribution in [1.29, 1.82) is 0 Å². The summed E-state index contributed by atoms with van der Waals surface area (Å²) in [6.07, 6.45) is 1.92. The summed E-state index contributed by atoms with van der Waals surface area (Å²) >= 11 is 0. The van der Waals surface area contributed by atoms with E-state index in [0.717, 1.165) is 40.2 Å². The fourth-order valence-corrected chi connectivity index (χ4v) is 3.95. The number of aryl methyl sites for hydroxylation is 1. The SMILES string of the molecule is CC(C)c1ccc(N2C(=O)N[C@H](CCC(=O)NCCCc3nc4ccccc4[nH]3)C2=O)cc1. The van der Waals surface area contributed by atoms with Crippen LogP contribution in [-0.4, -0.2) is 40.4 Å². The maximum atomic E-state index is 12.7. The highest BCUT2D eigenvalue weighted by Gasteiger charge is 2.38. The number of anilines is 1. The van der Waals surface area contributed by atoms with Gasteiger partial charge in [-0.15, -0.1) is 0 Å². The van der Waals surface area contributed by atoms with Gasteiger partial charge in [0.15, 0.2) is 0 Å². The first kappa shape index (κ1) is 22.5. The van der Waals surface area contributed by atoms with Crippen LogP contribution in [0.1, 0.15) is 50.4 Å². The summed E-state index contributed by atoms with van der Waals surface area (Å²) in [4.78, 5) is 46.3. The maximum Gasteiger partial charge on any atom is 0.329 e. The lowest BCUT2D eigenvalue weighted by molar-refractivity contribution is -0.121. The third kappa shape index (κ3) is 5.22. The summed E-state index contributed by atoms with van der Waals surface area (Å²) in [7, 11) is 0. The van der Waals surface area contributed by atoms with E-state index in [1.54, 1.807) is 12.1 Å². The van der Waals surface area contributed by atoms with Gasteiger partial charge in [0.25, 0.3) is 5.91 Å². The number of rotatable bonds is 9. The number of aromatic nitrogens is 2. The maximum absolute atomic E-state index is 12.7. The number of benzene rings is 2. The third-order valence-corrected chi connectivity index (χ3v) is 5.85. The second-order valence-electron chi connectivity index (χ2n) is 8.61. The fraction of sp³-hybridized carbons (Fsp3) is 0.360. The molecule has 0 spiro atoms. The van der Waals surface area contributed by atoms with E-state index in [1.165, 1.54) is 0 Å². The first-order valence-electron chi connectivity index (χ1n) is 11.4. The lowest BCUT2D eigenvalue weighted by atomic mass is 10.0. The molecule has 2 aromatic carbocycles. The minimum Gasteiger partial charge on any atom is -0.356 e. The van der Waals surface area contributed by atoms with Crippen molar-refractivity contribution in [1.82, 2.24) is 20.6 Å². The molecule has 1 aliphatic rings. The number of para-hydroxylation sites is 2. The van der Waals surface area contributed by atoms with Crippen LogP contribution in [0.15, 0.2) is 48.5 Å². The highest BCUT2D eigenvalue weighted by atomic mass is 16.2. The van der Waals surface area contributed by atoms with Gasteiger partial charge in [-0.3, -0.25) is 9.59 Å². The molecule has 3 N–H and O–H groups in total. The van der Waals surface area contributed by atoms with Crippen LogP contribution in [0.5, 0.6) is 0 Å². The molecule has 1 aromatic heterocycles. The van der Waals surface area contributed by atoms with Crippen molar-refractivity contribution in [2.24, 2.45) is 0 Å². The molecule has 0 aliphatic carbocycles. The Kier molecular flexibility index (Phi) is 6.72. The largest absolute Gasteiger partial charge is 0.356 e. The number of urea groups is 1. The second-order valence-corrected chi connectivity index (χ2v) is 8.61. The number of fused-ring (bicyclic) bond motifs is 1. The van der Waals surface area contributed by atoms with Crippen molar-refractivity contribution >= 4 is 34.6 Å². The number of nitrogens with one attached hydrogen (secondary N) is 3. The molecule has 1 fully saturated rings. The van der Waals surface area contributed by atoms with Crippen molar-refractivity contribution in [2.45, 2.75) is 51.5 Å². The summed E-state index contributed by atoms with van der Waals surface area (Å²) < 4.78 is 0. The molecule has 0 radical (unpaired) electrons. The molecule has 4 rings (SSSR count). The van der Waals surface area contributed by atoms with Gasteiger partial charge in [-0.25, -0.2) is 14.7 Å². The van der Waals surface area contributed by atoms with E-state index in [2.05, 4.69) is 34.4 Å². The number of amides is 4. The van der Waals surface area contributed by atoms with Crippen LogP contribution in [0, 0.1) is 0 Å². The number of hydrogen-bond acceptors (Lipinski definition) is 4. The molecule has 0 saturated carbocycles. The van der Waals surface area contributed by atoms with Gasteiger partial charge in [0.05, 0.1) is 16.7 Å². The van der Waals surface area contributed by atoms with Gasteiger partial charge in [-0.1, -0.05) is 38.1 Å². The number of hydrogen-bond donors (Lipinski definition) is 3. The number of imide groups is 1. The zero-order valence-electron chi connectivity index (χ0n) is 18.9.